The Kier molecular flexibility index (Phi) is 4.85. The number of nitrogens with one attached hydrogen (secondary N) is 2. The Bertz CT molecular complexity index is 373. The molecule has 0 aromatic carbocycles. The van der Waals surface area contributed by atoms with Gasteiger partial charge in [-0.05, 0) is 24.0 Å². The molecule has 5 heteroatoms. The van der Waals surface area contributed by atoms with Crippen molar-refractivity contribution in [2.45, 2.75) is 32.9 Å². The molecular weight excluding hydrogens is 329 g/mol. The van der Waals surface area contributed by atoms with Gasteiger partial charge in [-0.25, -0.2) is 0 Å². The average Bonchev–Trinajstić information content (AvgIpc) is 2.71. The second kappa shape index (κ2) is 5.75. The lowest BCUT2D eigenvalue weighted by Gasteiger charge is -2.12. The first-order valence-corrected chi connectivity index (χ1v) is 5.61. The van der Waals surface area contributed by atoms with Crippen LogP contribution in [0.4, 0.5) is 0 Å². The highest BCUT2D eigenvalue weighted by Crippen LogP contribution is 2.44. The molecule has 2 N–H and O–H groups in total. The van der Waals surface area contributed by atoms with Crippen LogP contribution < -0.4 is 10.6 Å². The lowest BCUT2D eigenvalue weighted by Crippen LogP contribution is -2.39. The third kappa shape index (κ3) is 3.90. The minimum absolute atomic E-state index is 0. The van der Waals surface area contributed by atoms with Crippen molar-refractivity contribution in [1.82, 2.24) is 10.6 Å². The zero-order valence-corrected chi connectivity index (χ0v) is 12.8. The van der Waals surface area contributed by atoms with Crippen LogP contribution in [0.3, 0.4) is 0 Å². The lowest BCUT2D eigenvalue weighted by molar-refractivity contribution is 0.500. The summed E-state index contributed by atoms with van der Waals surface area (Å²) in [5.41, 5.74) is 0.405. The fourth-order valence-corrected chi connectivity index (χ4v) is 1.66. The standard InChI is InChI=1S/C12H19N3O.HI/c1-12(2)7-10(12)15-11(13-3)14-8-9-5-4-6-16-9;/h4-6,10H,7-8H2,1-3H3,(H2,13,14,15);1H. The second-order valence-electron chi connectivity index (χ2n) is 4.89. The summed E-state index contributed by atoms with van der Waals surface area (Å²) in [5.74, 6) is 1.75. The summed E-state index contributed by atoms with van der Waals surface area (Å²) in [5, 5.41) is 6.62. The molecule has 1 aliphatic rings. The molecule has 1 atom stereocenters. The molecule has 17 heavy (non-hydrogen) atoms. The molecule has 1 fully saturated rings. The first-order chi connectivity index (χ1) is 7.62. The summed E-state index contributed by atoms with van der Waals surface area (Å²) in [6.45, 7) is 5.18. The van der Waals surface area contributed by atoms with Gasteiger partial charge < -0.3 is 15.1 Å². The molecule has 0 radical (unpaired) electrons. The van der Waals surface area contributed by atoms with E-state index in [1.165, 1.54) is 6.42 Å². The van der Waals surface area contributed by atoms with E-state index in [1.807, 2.05) is 12.1 Å². The first kappa shape index (κ1) is 14.3. The largest absolute Gasteiger partial charge is 0.467 e. The Morgan fingerprint density at radius 1 is 1.59 bits per heavy atom. The van der Waals surface area contributed by atoms with Crippen LogP contribution in [0.2, 0.25) is 0 Å². The van der Waals surface area contributed by atoms with E-state index in [1.54, 1.807) is 13.3 Å². The van der Waals surface area contributed by atoms with E-state index in [0.717, 1.165) is 11.7 Å². The number of guanidine groups is 1. The average molecular weight is 349 g/mol. The number of halogens is 1. The molecule has 1 unspecified atom stereocenters. The van der Waals surface area contributed by atoms with E-state index in [0.29, 0.717) is 18.0 Å². The number of hydrogen-bond donors (Lipinski definition) is 2. The number of aliphatic imine (C=N–C) groups is 1. The van der Waals surface area contributed by atoms with E-state index >= 15 is 0 Å². The van der Waals surface area contributed by atoms with Gasteiger partial charge in [-0.3, -0.25) is 4.99 Å². The van der Waals surface area contributed by atoms with Gasteiger partial charge in [0.1, 0.15) is 5.76 Å². The summed E-state index contributed by atoms with van der Waals surface area (Å²) in [7, 11) is 1.78. The molecule has 1 heterocycles. The monoisotopic (exact) mass is 349 g/mol. The van der Waals surface area contributed by atoms with Gasteiger partial charge in [0, 0.05) is 13.1 Å². The third-order valence-electron chi connectivity index (χ3n) is 3.06. The Labute approximate surface area is 119 Å². The molecule has 1 aliphatic carbocycles. The molecular formula is C12H20IN3O. The van der Waals surface area contributed by atoms with Gasteiger partial charge >= 0.3 is 0 Å². The van der Waals surface area contributed by atoms with E-state index < -0.39 is 0 Å². The van der Waals surface area contributed by atoms with Crippen molar-refractivity contribution in [3.63, 3.8) is 0 Å². The van der Waals surface area contributed by atoms with Crippen molar-refractivity contribution >= 4 is 29.9 Å². The second-order valence-corrected chi connectivity index (χ2v) is 4.89. The summed E-state index contributed by atoms with van der Waals surface area (Å²) in [4.78, 5) is 4.19. The maximum Gasteiger partial charge on any atom is 0.191 e. The highest BCUT2D eigenvalue weighted by Gasteiger charge is 2.46. The van der Waals surface area contributed by atoms with Crippen LogP contribution in [-0.4, -0.2) is 19.0 Å². The summed E-state index contributed by atoms with van der Waals surface area (Å²) < 4.78 is 5.24. The van der Waals surface area contributed by atoms with Gasteiger partial charge in [0.05, 0.1) is 12.8 Å². The van der Waals surface area contributed by atoms with Gasteiger partial charge in [0.25, 0.3) is 0 Å². The van der Waals surface area contributed by atoms with Gasteiger partial charge in [0.15, 0.2) is 5.96 Å². The van der Waals surface area contributed by atoms with E-state index in [9.17, 15) is 0 Å². The summed E-state index contributed by atoms with van der Waals surface area (Å²) in [6, 6.07) is 4.37. The SMILES string of the molecule is CN=C(NCc1ccco1)NC1CC1(C)C.I. The predicted molar refractivity (Wildman–Crippen MR) is 79.6 cm³/mol. The molecule has 1 aromatic heterocycles. The summed E-state index contributed by atoms with van der Waals surface area (Å²) >= 11 is 0. The Hall–Kier alpha value is -0.720. The number of furan rings is 1. The predicted octanol–water partition coefficient (Wildman–Crippen LogP) is 2.36. The Morgan fingerprint density at radius 2 is 2.29 bits per heavy atom. The molecule has 4 nitrogen and oxygen atoms in total. The fourth-order valence-electron chi connectivity index (χ4n) is 1.66. The number of rotatable bonds is 3. The highest BCUT2D eigenvalue weighted by atomic mass is 127. The van der Waals surface area contributed by atoms with Crippen molar-refractivity contribution in [3.8, 4) is 0 Å². The van der Waals surface area contributed by atoms with Crippen LogP contribution in [0.15, 0.2) is 27.8 Å². The van der Waals surface area contributed by atoms with Crippen LogP contribution in [0.5, 0.6) is 0 Å². The fraction of sp³-hybridized carbons (Fsp3) is 0.583. The molecule has 0 amide bonds. The van der Waals surface area contributed by atoms with Crippen LogP contribution in [0, 0.1) is 5.41 Å². The van der Waals surface area contributed by atoms with Gasteiger partial charge in [0.2, 0.25) is 0 Å². The molecule has 0 saturated heterocycles. The van der Waals surface area contributed by atoms with Gasteiger partial charge in [-0.1, -0.05) is 13.8 Å². The van der Waals surface area contributed by atoms with E-state index in [-0.39, 0.29) is 24.0 Å². The zero-order chi connectivity index (χ0) is 11.6. The smallest absolute Gasteiger partial charge is 0.191 e. The van der Waals surface area contributed by atoms with Crippen molar-refractivity contribution in [2.75, 3.05) is 7.05 Å². The highest BCUT2D eigenvalue weighted by molar-refractivity contribution is 14.0. The Morgan fingerprint density at radius 3 is 2.76 bits per heavy atom. The lowest BCUT2D eigenvalue weighted by atomic mass is 10.2. The van der Waals surface area contributed by atoms with Crippen LogP contribution in [0.25, 0.3) is 0 Å². The van der Waals surface area contributed by atoms with Crippen molar-refractivity contribution in [3.05, 3.63) is 24.2 Å². The molecule has 0 spiro atoms. The number of hydrogen-bond acceptors (Lipinski definition) is 2. The number of nitrogens with zero attached hydrogens (tertiary/aromatic N) is 1. The third-order valence-corrected chi connectivity index (χ3v) is 3.06. The van der Waals surface area contributed by atoms with Gasteiger partial charge in [-0.2, -0.15) is 0 Å². The molecule has 1 aromatic rings. The van der Waals surface area contributed by atoms with Crippen LogP contribution >= 0.6 is 24.0 Å². The molecule has 96 valence electrons. The minimum atomic E-state index is 0. The topological polar surface area (TPSA) is 49.6 Å². The zero-order valence-electron chi connectivity index (χ0n) is 10.5. The Balaban J connectivity index is 0.00000144. The maximum absolute atomic E-state index is 5.24. The first-order valence-electron chi connectivity index (χ1n) is 5.61. The maximum atomic E-state index is 5.24. The summed E-state index contributed by atoms with van der Waals surface area (Å²) in [6.07, 6.45) is 2.88. The van der Waals surface area contributed by atoms with Crippen molar-refractivity contribution < 1.29 is 4.42 Å². The minimum Gasteiger partial charge on any atom is -0.467 e. The van der Waals surface area contributed by atoms with Crippen molar-refractivity contribution in [2.24, 2.45) is 10.4 Å². The molecule has 0 aliphatic heterocycles. The molecule has 0 bridgehead atoms. The van der Waals surface area contributed by atoms with Crippen LogP contribution in [0.1, 0.15) is 26.0 Å². The van der Waals surface area contributed by atoms with Gasteiger partial charge in [-0.15, -0.1) is 24.0 Å². The van der Waals surface area contributed by atoms with E-state index in [4.69, 9.17) is 4.42 Å². The normalized spacial score (nSPS) is 21.6. The molecule has 2 rings (SSSR count). The van der Waals surface area contributed by atoms with Crippen LogP contribution in [-0.2, 0) is 6.54 Å². The quantitative estimate of drug-likeness (QED) is 0.500. The molecule has 1 saturated carbocycles. The van der Waals surface area contributed by atoms with Crippen molar-refractivity contribution in [1.29, 1.82) is 0 Å². The van der Waals surface area contributed by atoms with E-state index in [2.05, 4.69) is 29.5 Å².